The molecule has 1 saturated heterocycles. The third-order valence-electron chi connectivity index (χ3n) is 5.77. The highest BCUT2D eigenvalue weighted by molar-refractivity contribution is 5.15. The molecule has 1 aliphatic carbocycles. The van der Waals surface area contributed by atoms with Crippen LogP contribution in [-0.4, -0.2) is 39.3 Å². The molecule has 5 heteroatoms. The number of rotatable bonds is 5. The van der Waals surface area contributed by atoms with Gasteiger partial charge in [0.2, 0.25) is 0 Å². The van der Waals surface area contributed by atoms with Crippen molar-refractivity contribution >= 4 is 0 Å². The first-order valence-electron chi connectivity index (χ1n) is 9.65. The molecule has 0 amide bonds. The predicted octanol–water partition coefficient (Wildman–Crippen LogP) is 2.88. The lowest BCUT2D eigenvalue weighted by Crippen LogP contribution is -2.25. The zero-order valence-electron chi connectivity index (χ0n) is 15.1. The second-order valence-corrected chi connectivity index (χ2v) is 7.72. The first kappa shape index (κ1) is 16.7. The van der Waals surface area contributed by atoms with Crippen LogP contribution in [0.2, 0.25) is 0 Å². The van der Waals surface area contributed by atoms with Crippen molar-refractivity contribution in [3.05, 3.63) is 47.5 Å². The van der Waals surface area contributed by atoms with Crippen LogP contribution in [0.25, 0.3) is 0 Å². The van der Waals surface area contributed by atoms with Gasteiger partial charge >= 0.3 is 0 Å². The molecular weight excluding hydrogens is 310 g/mol. The molecule has 0 radical (unpaired) electrons. The minimum absolute atomic E-state index is 0.240. The van der Waals surface area contributed by atoms with Gasteiger partial charge in [0.1, 0.15) is 5.82 Å². The third kappa shape index (κ3) is 3.62. The van der Waals surface area contributed by atoms with E-state index < -0.39 is 0 Å². The predicted molar refractivity (Wildman–Crippen MR) is 99.3 cm³/mol. The van der Waals surface area contributed by atoms with Gasteiger partial charge < -0.3 is 5.73 Å². The highest BCUT2D eigenvalue weighted by atomic mass is 15.4. The van der Waals surface area contributed by atoms with Gasteiger partial charge in [0.25, 0.3) is 0 Å². The summed E-state index contributed by atoms with van der Waals surface area (Å²) < 4.78 is 2.17. The lowest BCUT2D eigenvalue weighted by atomic mass is 10.1. The van der Waals surface area contributed by atoms with E-state index in [4.69, 9.17) is 15.8 Å². The fourth-order valence-corrected chi connectivity index (χ4v) is 4.36. The van der Waals surface area contributed by atoms with E-state index in [0.29, 0.717) is 12.0 Å². The largest absolute Gasteiger partial charge is 0.326 e. The number of likely N-dealkylation sites (N-methyl/N-ethyl adjacent to an activating group) is 1. The standard InChI is InChI=1S/C20H29N5/c1-24-14-17(21)13-18(24)20-22-19(16-9-5-6-10-16)23-25(20)12-11-15-7-3-2-4-8-15/h2-4,7-8,16-18H,5-6,9-14,21H2,1H3/t17-,18-/m0/s1. The van der Waals surface area contributed by atoms with Gasteiger partial charge in [0.05, 0.1) is 6.04 Å². The van der Waals surface area contributed by atoms with Crippen molar-refractivity contribution in [2.75, 3.05) is 13.6 Å². The summed E-state index contributed by atoms with van der Waals surface area (Å²) in [4.78, 5) is 7.37. The van der Waals surface area contributed by atoms with E-state index in [0.717, 1.165) is 37.6 Å². The van der Waals surface area contributed by atoms with Crippen molar-refractivity contribution in [2.24, 2.45) is 5.73 Å². The van der Waals surface area contributed by atoms with Crippen LogP contribution in [0, 0.1) is 0 Å². The summed E-state index contributed by atoms with van der Waals surface area (Å²) in [5.41, 5.74) is 7.55. The minimum Gasteiger partial charge on any atom is -0.326 e. The highest BCUT2D eigenvalue weighted by Crippen LogP contribution is 2.35. The van der Waals surface area contributed by atoms with Crippen LogP contribution in [0.15, 0.2) is 30.3 Å². The number of hydrogen-bond acceptors (Lipinski definition) is 4. The van der Waals surface area contributed by atoms with Gasteiger partial charge in [-0.3, -0.25) is 4.90 Å². The van der Waals surface area contributed by atoms with Gasteiger partial charge in [-0.25, -0.2) is 9.67 Å². The van der Waals surface area contributed by atoms with Crippen LogP contribution in [-0.2, 0) is 13.0 Å². The maximum Gasteiger partial charge on any atom is 0.154 e. The Kier molecular flexibility index (Phi) is 4.86. The normalized spacial score (nSPS) is 25.0. The lowest BCUT2D eigenvalue weighted by molar-refractivity contribution is 0.294. The molecule has 2 heterocycles. The maximum absolute atomic E-state index is 6.20. The Balaban J connectivity index is 1.58. The van der Waals surface area contributed by atoms with Gasteiger partial charge in [-0.2, -0.15) is 5.10 Å². The fourth-order valence-electron chi connectivity index (χ4n) is 4.36. The Labute approximate surface area is 150 Å². The third-order valence-corrected chi connectivity index (χ3v) is 5.77. The summed E-state index contributed by atoms with van der Waals surface area (Å²) in [5.74, 6) is 2.74. The molecule has 2 aromatic rings. The van der Waals surface area contributed by atoms with Crippen LogP contribution < -0.4 is 5.73 Å². The number of aryl methyl sites for hydroxylation is 2. The van der Waals surface area contributed by atoms with Gasteiger partial charge in [-0.15, -0.1) is 0 Å². The average molecular weight is 339 g/mol. The van der Waals surface area contributed by atoms with Gasteiger partial charge in [0.15, 0.2) is 5.82 Å². The number of nitrogens with zero attached hydrogens (tertiary/aromatic N) is 4. The van der Waals surface area contributed by atoms with Crippen molar-refractivity contribution in [1.82, 2.24) is 19.7 Å². The zero-order valence-corrected chi connectivity index (χ0v) is 15.1. The number of likely N-dealkylation sites (tertiary alicyclic amines) is 1. The summed E-state index contributed by atoms with van der Waals surface area (Å²) in [6.45, 7) is 1.83. The van der Waals surface area contributed by atoms with E-state index >= 15 is 0 Å². The van der Waals surface area contributed by atoms with Crippen molar-refractivity contribution in [3.63, 3.8) is 0 Å². The van der Waals surface area contributed by atoms with Gasteiger partial charge in [-0.05, 0) is 38.3 Å². The number of benzene rings is 1. The van der Waals surface area contributed by atoms with Crippen molar-refractivity contribution < 1.29 is 0 Å². The van der Waals surface area contributed by atoms with E-state index in [2.05, 4.69) is 47.0 Å². The van der Waals surface area contributed by atoms with E-state index in [1.165, 1.54) is 31.2 Å². The van der Waals surface area contributed by atoms with E-state index in [-0.39, 0.29) is 6.04 Å². The lowest BCUT2D eigenvalue weighted by Gasteiger charge is -2.19. The summed E-state index contributed by atoms with van der Waals surface area (Å²) in [6.07, 6.45) is 7.07. The Morgan fingerprint density at radius 1 is 1.16 bits per heavy atom. The van der Waals surface area contributed by atoms with Gasteiger partial charge in [0, 0.05) is 25.0 Å². The smallest absolute Gasteiger partial charge is 0.154 e. The molecule has 0 unspecified atom stereocenters. The SMILES string of the molecule is CN1C[C@@H](N)C[C@H]1c1nc(C2CCCC2)nn1CCc1ccccc1. The molecule has 25 heavy (non-hydrogen) atoms. The molecule has 2 fully saturated rings. The van der Waals surface area contributed by atoms with E-state index in [1.54, 1.807) is 0 Å². The molecule has 0 spiro atoms. The molecule has 1 aromatic heterocycles. The molecule has 2 aliphatic rings. The molecule has 1 saturated carbocycles. The maximum atomic E-state index is 6.20. The summed E-state index contributed by atoms with van der Waals surface area (Å²) in [5, 5.41) is 4.95. The van der Waals surface area contributed by atoms with Crippen molar-refractivity contribution in [3.8, 4) is 0 Å². The second kappa shape index (κ2) is 7.26. The van der Waals surface area contributed by atoms with Crippen LogP contribution in [0.5, 0.6) is 0 Å². The van der Waals surface area contributed by atoms with E-state index in [9.17, 15) is 0 Å². The summed E-state index contributed by atoms with van der Waals surface area (Å²) in [7, 11) is 2.16. The average Bonchev–Trinajstić information content (AvgIpc) is 3.33. The Hall–Kier alpha value is -1.72. The van der Waals surface area contributed by atoms with Crippen LogP contribution in [0.3, 0.4) is 0 Å². The van der Waals surface area contributed by atoms with Crippen LogP contribution in [0.1, 0.15) is 61.3 Å². The molecule has 0 bridgehead atoms. The van der Waals surface area contributed by atoms with E-state index in [1.807, 2.05) is 0 Å². The minimum atomic E-state index is 0.240. The molecule has 5 nitrogen and oxygen atoms in total. The molecule has 4 rings (SSSR count). The second-order valence-electron chi connectivity index (χ2n) is 7.72. The zero-order chi connectivity index (χ0) is 17.2. The Bertz CT molecular complexity index is 689. The number of nitrogens with two attached hydrogens (primary N) is 1. The van der Waals surface area contributed by atoms with Crippen LogP contribution in [0.4, 0.5) is 0 Å². The van der Waals surface area contributed by atoms with Crippen LogP contribution >= 0.6 is 0 Å². The first-order chi connectivity index (χ1) is 12.2. The van der Waals surface area contributed by atoms with Crippen molar-refractivity contribution in [2.45, 2.75) is 63.1 Å². The topological polar surface area (TPSA) is 60.0 Å². The molecule has 134 valence electrons. The first-order valence-corrected chi connectivity index (χ1v) is 9.65. The molecule has 2 N–H and O–H groups in total. The summed E-state index contributed by atoms with van der Waals surface area (Å²) in [6, 6.07) is 11.2. The number of hydrogen-bond donors (Lipinski definition) is 1. The molecule has 1 aliphatic heterocycles. The molecular formula is C20H29N5. The molecule has 2 atom stereocenters. The van der Waals surface area contributed by atoms with Gasteiger partial charge in [-0.1, -0.05) is 43.2 Å². The summed E-state index contributed by atoms with van der Waals surface area (Å²) >= 11 is 0. The highest BCUT2D eigenvalue weighted by Gasteiger charge is 2.33. The fraction of sp³-hybridized carbons (Fsp3) is 0.600. The quantitative estimate of drug-likeness (QED) is 0.910. The Morgan fingerprint density at radius 3 is 2.60 bits per heavy atom. The number of aromatic nitrogens is 3. The monoisotopic (exact) mass is 339 g/mol. The molecule has 1 aromatic carbocycles. The Morgan fingerprint density at radius 2 is 1.92 bits per heavy atom. The van der Waals surface area contributed by atoms with Crippen molar-refractivity contribution in [1.29, 1.82) is 0 Å².